The van der Waals surface area contributed by atoms with Gasteiger partial charge in [0.15, 0.2) is 0 Å². The van der Waals surface area contributed by atoms with Gasteiger partial charge in [-0.3, -0.25) is 19.2 Å². The lowest BCUT2D eigenvalue weighted by atomic mass is 10.0. The first-order valence-electron chi connectivity index (χ1n) is 7.53. The van der Waals surface area contributed by atoms with Gasteiger partial charge in [-0.1, -0.05) is 13.8 Å². The zero-order valence-corrected chi connectivity index (χ0v) is 14.0. The fourth-order valence-corrected chi connectivity index (χ4v) is 1.94. The molecule has 0 aliphatic heterocycles. The molecule has 0 saturated heterocycles. The lowest BCUT2D eigenvalue weighted by Gasteiger charge is -2.23. The molecule has 0 rings (SSSR count). The third kappa shape index (κ3) is 9.25. The first kappa shape index (κ1) is 22.3. The van der Waals surface area contributed by atoms with E-state index in [4.69, 9.17) is 21.7 Å². The topological polar surface area (TPSA) is 202 Å². The largest absolute Gasteiger partial charge is 0.481 e. The Morgan fingerprint density at radius 3 is 1.84 bits per heavy atom. The van der Waals surface area contributed by atoms with Gasteiger partial charge in [0.1, 0.15) is 12.1 Å². The Bertz CT molecular complexity index is 535. The minimum Gasteiger partial charge on any atom is -0.481 e. The minimum absolute atomic E-state index is 0.0498. The van der Waals surface area contributed by atoms with E-state index in [9.17, 15) is 24.0 Å². The number of amides is 3. The number of carbonyl (C=O) groups is 5. The number of carbonyl (C=O) groups excluding carboxylic acids is 3. The molecule has 3 unspecified atom stereocenters. The van der Waals surface area contributed by atoms with Crippen LogP contribution in [0.4, 0.5) is 0 Å². The molecular weight excluding hydrogens is 336 g/mol. The van der Waals surface area contributed by atoms with Crippen molar-refractivity contribution in [2.45, 2.75) is 51.2 Å². The van der Waals surface area contributed by atoms with Crippen molar-refractivity contribution in [3.05, 3.63) is 0 Å². The van der Waals surface area contributed by atoms with Crippen molar-refractivity contribution < 1.29 is 34.2 Å². The molecule has 3 atom stereocenters. The van der Waals surface area contributed by atoms with Crippen molar-refractivity contribution in [1.82, 2.24) is 10.6 Å². The Hall–Kier alpha value is -2.69. The van der Waals surface area contributed by atoms with Gasteiger partial charge in [-0.15, -0.1) is 0 Å². The van der Waals surface area contributed by atoms with E-state index < -0.39 is 60.6 Å². The van der Waals surface area contributed by atoms with Crippen LogP contribution in [0.3, 0.4) is 0 Å². The number of nitrogens with two attached hydrogens (primary N) is 2. The van der Waals surface area contributed by atoms with Gasteiger partial charge in [-0.05, 0) is 12.3 Å². The molecule has 0 saturated carbocycles. The summed E-state index contributed by atoms with van der Waals surface area (Å²) in [7, 11) is 0. The lowest BCUT2D eigenvalue weighted by molar-refractivity contribution is -0.147. The number of nitrogens with one attached hydrogen (secondary N) is 2. The minimum atomic E-state index is -1.64. The van der Waals surface area contributed by atoms with Gasteiger partial charge in [0.2, 0.25) is 17.7 Å². The highest BCUT2D eigenvalue weighted by Crippen LogP contribution is 2.07. The molecule has 11 heteroatoms. The fourth-order valence-electron chi connectivity index (χ4n) is 1.94. The molecule has 0 spiro atoms. The molecular formula is C14H24N4O7. The zero-order valence-electron chi connectivity index (χ0n) is 14.0. The van der Waals surface area contributed by atoms with Crippen molar-refractivity contribution in [2.24, 2.45) is 17.4 Å². The van der Waals surface area contributed by atoms with E-state index in [0.717, 1.165) is 0 Å². The highest BCUT2D eigenvalue weighted by molar-refractivity contribution is 5.94. The summed E-state index contributed by atoms with van der Waals surface area (Å²) in [5, 5.41) is 22.1. The van der Waals surface area contributed by atoms with Crippen LogP contribution >= 0.6 is 0 Å². The number of hydrogen-bond donors (Lipinski definition) is 6. The average Bonchev–Trinajstić information content (AvgIpc) is 2.43. The van der Waals surface area contributed by atoms with Crippen LogP contribution < -0.4 is 22.1 Å². The molecule has 25 heavy (non-hydrogen) atoms. The normalized spacial score (nSPS) is 14.2. The molecule has 0 bridgehead atoms. The molecule has 0 aromatic carbocycles. The molecule has 8 N–H and O–H groups in total. The van der Waals surface area contributed by atoms with Crippen LogP contribution in [0.25, 0.3) is 0 Å². The Morgan fingerprint density at radius 2 is 1.44 bits per heavy atom. The molecule has 0 fully saturated rings. The second-order valence-electron chi connectivity index (χ2n) is 5.96. The van der Waals surface area contributed by atoms with E-state index in [1.54, 1.807) is 13.8 Å². The zero-order chi connectivity index (χ0) is 19.7. The molecule has 11 nitrogen and oxygen atoms in total. The molecule has 0 aromatic heterocycles. The van der Waals surface area contributed by atoms with Crippen molar-refractivity contribution >= 4 is 29.7 Å². The summed E-state index contributed by atoms with van der Waals surface area (Å²) < 4.78 is 0. The van der Waals surface area contributed by atoms with Crippen molar-refractivity contribution in [3.8, 4) is 0 Å². The Labute approximate surface area is 144 Å². The van der Waals surface area contributed by atoms with Gasteiger partial charge in [-0.25, -0.2) is 4.79 Å². The van der Waals surface area contributed by atoms with Crippen LogP contribution in [0, 0.1) is 5.92 Å². The summed E-state index contributed by atoms with van der Waals surface area (Å²) in [6.45, 7) is 3.53. The summed E-state index contributed by atoms with van der Waals surface area (Å²) >= 11 is 0. The maximum atomic E-state index is 12.2. The van der Waals surface area contributed by atoms with E-state index in [-0.39, 0.29) is 12.3 Å². The molecule has 3 amide bonds. The number of hydrogen-bond acceptors (Lipinski definition) is 6. The van der Waals surface area contributed by atoms with Crippen LogP contribution in [0.1, 0.15) is 33.1 Å². The number of primary amides is 1. The van der Waals surface area contributed by atoms with Gasteiger partial charge >= 0.3 is 11.9 Å². The monoisotopic (exact) mass is 360 g/mol. The standard InChI is InChI=1S/C14H24N4O7/c1-6(2)3-8(17-12(22)7(15)4-10(16)19)13(23)18-9(14(24)25)5-11(20)21/h6-9H,3-5,15H2,1-2H3,(H2,16,19)(H,17,22)(H,18,23)(H,20,21)(H,24,25). The molecule has 0 aliphatic rings. The predicted molar refractivity (Wildman–Crippen MR) is 85.0 cm³/mol. The molecule has 0 aliphatic carbocycles. The highest BCUT2D eigenvalue weighted by Gasteiger charge is 2.29. The van der Waals surface area contributed by atoms with Crippen LogP contribution in [-0.4, -0.2) is 58.0 Å². The maximum Gasteiger partial charge on any atom is 0.326 e. The van der Waals surface area contributed by atoms with Crippen LogP contribution in [0.15, 0.2) is 0 Å². The first-order valence-corrected chi connectivity index (χ1v) is 7.53. The van der Waals surface area contributed by atoms with Crippen LogP contribution in [0.5, 0.6) is 0 Å². The summed E-state index contributed by atoms with van der Waals surface area (Å²) in [6.07, 6.45) is -1.08. The smallest absolute Gasteiger partial charge is 0.326 e. The van der Waals surface area contributed by atoms with E-state index in [1.165, 1.54) is 0 Å². The van der Waals surface area contributed by atoms with Gasteiger partial charge in [-0.2, -0.15) is 0 Å². The fraction of sp³-hybridized carbons (Fsp3) is 0.643. The van der Waals surface area contributed by atoms with E-state index in [1.807, 2.05) is 0 Å². The quantitative estimate of drug-likeness (QED) is 0.237. The Kier molecular flexibility index (Phi) is 9.13. The van der Waals surface area contributed by atoms with Crippen LogP contribution in [-0.2, 0) is 24.0 Å². The van der Waals surface area contributed by atoms with E-state index in [2.05, 4.69) is 10.6 Å². The summed E-state index contributed by atoms with van der Waals surface area (Å²) in [6, 6.07) is -4.04. The number of aliphatic carboxylic acids is 2. The molecule has 0 heterocycles. The second-order valence-corrected chi connectivity index (χ2v) is 5.96. The van der Waals surface area contributed by atoms with E-state index in [0.29, 0.717) is 0 Å². The Morgan fingerprint density at radius 1 is 0.920 bits per heavy atom. The highest BCUT2D eigenvalue weighted by atomic mass is 16.4. The summed E-state index contributed by atoms with van der Waals surface area (Å²) in [4.78, 5) is 56.7. The van der Waals surface area contributed by atoms with Crippen LogP contribution in [0.2, 0.25) is 0 Å². The SMILES string of the molecule is CC(C)CC(NC(=O)C(N)CC(N)=O)C(=O)NC(CC(=O)O)C(=O)O. The second kappa shape index (κ2) is 10.2. The number of rotatable bonds is 11. The van der Waals surface area contributed by atoms with Gasteiger partial charge in [0.25, 0.3) is 0 Å². The van der Waals surface area contributed by atoms with Crippen molar-refractivity contribution in [3.63, 3.8) is 0 Å². The molecule has 0 aromatic rings. The van der Waals surface area contributed by atoms with Crippen molar-refractivity contribution in [2.75, 3.05) is 0 Å². The van der Waals surface area contributed by atoms with Gasteiger partial charge in [0, 0.05) is 0 Å². The maximum absolute atomic E-state index is 12.2. The number of carboxylic acids is 2. The summed E-state index contributed by atoms with van der Waals surface area (Å²) in [5.41, 5.74) is 10.4. The number of carboxylic acid groups (broad SMARTS) is 2. The molecule has 142 valence electrons. The summed E-state index contributed by atoms with van der Waals surface area (Å²) in [5.74, 6) is -5.42. The Balaban J connectivity index is 5.08. The van der Waals surface area contributed by atoms with Gasteiger partial charge < -0.3 is 32.3 Å². The third-order valence-corrected chi connectivity index (χ3v) is 3.09. The lowest BCUT2D eigenvalue weighted by Crippen LogP contribution is -2.55. The van der Waals surface area contributed by atoms with E-state index >= 15 is 0 Å². The first-order chi connectivity index (χ1) is 11.4. The van der Waals surface area contributed by atoms with Crippen molar-refractivity contribution in [1.29, 1.82) is 0 Å². The predicted octanol–water partition coefficient (Wildman–Crippen LogP) is -2.24. The average molecular weight is 360 g/mol. The van der Waals surface area contributed by atoms with Gasteiger partial charge in [0.05, 0.1) is 18.9 Å². The third-order valence-electron chi connectivity index (χ3n) is 3.09. The molecule has 0 radical (unpaired) electrons.